The zero-order valence-electron chi connectivity index (χ0n) is 17.6. The largest absolute Gasteiger partial charge is 0.398 e. The Kier molecular flexibility index (Phi) is 5.82. The number of ether oxygens (including phenoxy) is 2. The van der Waals surface area contributed by atoms with Crippen molar-refractivity contribution in [2.45, 2.75) is 51.4 Å². The van der Waals surface area contributed by atoms with Gasteiger partial charge >= 0.3 is 0 Å². The lowest BCUT2D eigenvalue weighted by Gasteiger charge is -2.43. The van der Waals surface area contributed by atoms with E-state index < -0.39 is 0 Å². The molecule has 28 heavy (non-hydrogen) atoms. The molecule has 3 aliphatic rings. The summed E-state index contributed by atoms with van der Waals surface area (Å²) in [6.07, 6.45) is 8.09. The number of allylic oxidation sites excluding steroid dienone is 2. The Morgan fingerprint density at radius 3 is 2.39 bits per heavy atom. The van der Waals surface area contributed by atoms with Crippen LogP contribution in [0.5, 0.6) is 0 Å². The van der Waals surface area contributed by atoms with Crippen LogP contribution in [0.2, 0.25) is 0 Å². The first-order chi connectivity index (χ1) is 13.5. The van der Waals surface area contributed by atoms with E-state index in [1.165, 1.54) is 23.1 Å². The number of nitrogens with two attached hydrogens (primary N) is 1. The summed E-state index contributed by atoms with van der Waals surface area (Å²) in [5.41, 5.74) is 12.1. The Labute approximate surface area is 170 Å². The zero-order chi connectivity index (χ0) is 19.6. The van der Waals surface area contributed by atoms with Gasteiger partial charge < -0.3 is 15.2 Å². The molecule has 0 radical (unpaired) electrons. The van der Waals surface area contributed by atoms with E-state index in [0.29, 0.717) is 5.41 Å². The number of benzene rings is 1. The maximum Gasteiger partial charge on any atom is 0.0594 e. The predicted octanol–water partition coefficient (Wildman–Crippen LogP) is 4.24. The summed E-state index contributed by atoms with van der Waals surface area (Å²) in [7, 11) is 0. The van der Waals surface area contributed by atoms with Gasteiger partial charge in [-0.1, -0.05) is 26.0 Å². The quantitative estimate of drug-likeness (QED) is 0.789. The van der Waals surface area contributed by atoms with Crippen LogP contribution in [0.4, 0.5) is 5.69 Å². The lowest BCUT2D eigenvalue weighted by Crippen LogP contribution is -2.48. The molecule has 2 aliphatic heterocycles. The van der Waals surface area contributed by atoms with Gasteiger partial charge in [-0.05, 0) is 60.8 Å². The monoisotopic (exact) mass is 384 g/mol. The topological polar surface area (TPSA) is 47.7 Å². The molecule has 0 aromatic heterocycles. The maximum atomic E-state index is 6.45. The molecule has 0 spiro atoms. The molecule has 2 saturated heterocycles. The van der Waals surface area contributed by atoms with Gasteiger partial charge in [0.2, 0.25) is 0 Å². The first-order valence-electron chi connectivity index (χ1n) is 10.9. The molecule has 4 nitrogen and oxygen atoms in total. The smallest absolute Gasteiger partial charge is 0.0594 e. The van der Waals surface area contributed by atoms with E-state index in [-0.39, 0.29) is 5.41 Å². The van der Waals surface area contributed by atoms with Gasteiger partial charge in [0.1, 0.15) is 0 Å². The van der Waals surface area contributed by atoms with Crippen LogP contribution in [0, 0.1) is 5.41 Å². The van der Waals surface area contributed by atoms with Gasteiger partial charge in [-0.25, -0.2) is 0 Å². The fraction of sp³-hybridized carbons (Fsp3) is 0.667. The van der Waals surface area contributed by atoms with Crippen molar-refractivity contribution in [2.75, 3.05) is 51.8 Å². The van der Waals surface area contributed by atoms with E-state index in [1.807, 2.05) is 0 Å². The van der Waals surface area contributed by atoms with Crippen molar-refractivity contribution in [1.82, 2.24) is 4.90 Å². The van der Waals surface area contributed by atoms with Crippen LogP contribution in [0.15, 0.2) is 24.3 Å². The van der Waals surface area contributed by atoms with Crippen LogP contribution < -0.4 is 5.73 Å². The highest BCUT2D eigenvalue weighted by molar-refractivity contribution is 5.76. The summed E-state index contributed by atoms with van der Waals surface area (Å²) in [5, 5.41) is 0. The van der Waals surface area contributed by atoms with Gasteiger partial charge in [-0.15, -0.1) is 0 Å². The van der Waals surface area contributed by atoms with E-state index in [0.717, 1.165) is 77.4 Å². The second-order valence-electron chi connectivity index (χ2n) is 9.68. The van der Waals surface area contributed by atoms with E-state index >= 15 is 0 Å². The molecule has 2 N–H and O–H groups in total. The fourth-order valence-corrected chi connectivity index (χ4v) is 4.97. The number of anilines is 1. The molecular weight excluding hydrogens is 348 g/mol. The summed E-state index contributed by atoms with van der Waals surface area (Å²) >= 11 is 0. The second-order valence-corrected chi connectivity index (χ2v) is 9.68. The van der Waals surface area contributed by atoms with E-state index in [2.05, 4.69) is 43.0 Å². The molecular formula is C24H36N2O2. The molecule has 2 fully saturated rings. The molecule has 0 atom stereocenters. The number of rotatable bonds is 4. The molecule has 154 valence electrons. The molecule has 1 aromatic rings. The summed E-state index contributed by atoms with van der Waals surface area (Å²) in [6, 6.07) is 6.82. The first-order valence-corrected chi connectivity index (χ1v) is 10.9. The van der Waals surface area contributed by atoms with Crippen LogP contribution in [0.1, 0.15) is 57.1 Å². The minimum absolute atomic E-state index is 0.159. The summed E-state index contributed by atoms with van der Waals surface area (Å²) in [5.74, 6) is 0. The molecule has 0 saturated carbocycles. The molecule has 2 heterocycles. The lowest BCUT2D eigenvalue weighted by molar-refractivity contribution is -0.00119. The molecule has 0 bridgehead atoms. The van der Waals surface area contributed by atoms with E-state index in [9.17, 15) is 0 Å². The van der Waals surface area contributed by atoms with E-state index in [4.69, 9.17) is 15.2 Å². The highest BCUT2D eigenvalue weighted by Gasteiger charge is 2.37. The summed E-state index contributed by atoms with van der Waals surface area (Å²) < 4.78 is 11.3. The van der Waals surface area contributed by atoms with Gasteiger partial charge in [0, 0.05) is 49.5 Å². The predicted molar refractivity (Wildman–Crippen MR) is 115 cm³/mol. The molecule has 0 unspecified atom stereocenters. The standard InChI is InChI=1S/C24H36N2O2/c1-23(2)7-5-19(6-8-23)21-17-20(3-4-22(21)25)24(9-13-27-14-10-24)18-26-11-15-28-16-12-26/h3-5,17H,6-16,18,25H2,1-2H3. The second kappa shape index (κ2) is 8.17. The van der Waals surface area contributed by atoms with Crippen LogP contribution in [0.3, 0.4) is 0 Å². The maximum absolute atomic E-state index is 6.45. The van der Waals surface area contributed by atoms with Crippen LogP contribution in [-0.2, 0) is 14.9 Å². The Bertz CT molecular complexity index is 713. The van der Waals surface area contributed by atoms with E-state index in [1.54, 1.807) is 0 Å². The lowest BCUT2D eigenvalue weighted by atomic mass is 9.72. The minimum atomic E-state index is 0.159. The van der Waals surface area contributed by atoms with Gasteiger partial charge in [0.25, 0.3) is 0 Å². The third kappa shape index (κ3) is 4.29. The zero-order valence-corrected chi connectivity index (χ0v) is 17.6. The average Bonchev–Trinajstić information content (AvgIpc) is 2.70. The minimum Gasteiger partial charge on any atom is -0.398 e. The van der Waals surface area contributed by atoms with Gasteiger partial charge in [0.15, 0.2) is 0 Å². The molecule has 0 amide bonds. The van der Waals surface area contributed by atoms with Crippen molar-refractivity contribution >= 4 is 11.3 Å². The number of nitrogen functional groups attached to an aromatic ring is 1. The van der Waals surface area contributed by atoms with Gasteiger partial charge in [0.05, 0.1) is 13.2 Å². The van der Waals surface area contributed by atoms with Crippen molar-refractivity contribution in [3.05, 3.63) is 35.4 Å². The normalized spacial score (nSPS) is 25.3. The summed E-state index contributed by atoms with van der Waals surface area (Å²) in [4.78, 5) is 2.58. The highest BCUT2D eigenvalue weighted by atomic mass is 16.5. The highest BCUT2D eigenvalue weighted by Crippen LogP contribution is 2.42. The Hall–Kier alpha value is -1.36. The molecule has 4 heteroatoms. The first kappa shape index (κ1) is 19.9. The third-order valence-corrected chi connectivity index (χ3v) is 7.06. The number of nitrogens with zero attached hydrogens (tertiary/aromatic N) is 1. The van der Waals surface area contributed by atoms with Crippen LogP contribution in [0.25, 0.3) is 5.57 Å². The number of morpholine rings is 1. The van der Waals surface area contributed by atoms with Crippen LogP contribution in [-0.4, -0.2) is 51.0 Å². The van der Waals surface area contributed by atoms with Crippen molar-refractivity contribution in [1.29, 1.82) is 0 Å². The fourth-order valence-electron chi connectivity index (χ4n) is 4.97. The molecule has 4 rings (SSSR count). The Balaban J connectivity index is 1.64. The average molecular weight is 385 g/mol. The molecule has 1 aromatic carbocycles. The van der Waals surface area contributed by atoms with Crippen LogP contribution >= 0.6 is 0 Å². The van der Waals surface area contributed by atoms with Crippen molar-refractivity contribution < 1.29 is 9.47 Å². The Morgan fingerprint density at radius 1 is 1.00 bits per heavy atom. The van der Waals surface area contributed by atoms with Crippen molar-refractivity contribution in [3.63, 3.8) is 0 Å². The third-order valence-electron chi connectivity index (χ3n) is 7.06. The van der Waals surface area contributed by atoms with Crippen molar-refractivity contribution in [2.24, 2.45) is 5.41 Å². The summed E-state index contributed by atoms with van der Waals surface area (Å²) in [6.45, 7) is 11.3. The van der Waals surface area contributed by atoms with Gasteiger partial charge in [-0.2, -0.15) is 0 Å². The number of hydrogen-bond donors (Lipinski definition) is 1. The van der Waals surface area contributed by atoms with Gasteiger partial charge in [-0.3, -0.25) is 4.90 Å². The SMILES string of the molecule is CC1(C)CC=C(c2cc(C3(CN4CCOCC4)CCOCC3)ccc2N)CC1. The van der Waals surface area contributed by atoms with Crippen molar-refractivity contribution in [3.8, 4) is 0 Å². The molecule has 1 aliphatic carbocycles. The number of hydrogen-bond acceptors (Lipinski definition) is 4. The Morgan fingerprint density at radius 2 is 1.71 bits per heavy atom.